The Balaban J connectivity index is 2.70. The highest BCUT2D eigenvalue weighted by molar-refractivity contribution is 5.94. The topological polar surface area (TPSA) is 49.3 Å². The maximum Gasteiger partial charge on any atom is 0.251 e. The zero-order valence-electron chi connectivity index (χ0n) is 12.6. The van der Waals surface area contributed by atoms with Crippen molar-refractivity contribution in [3.63, 3.8) is 0 Å². The van der Waals surface area contributed by atoms with E-state index in [0.29, 0.717) is 24.4 Å². The van der Waals surface area contributed by atoms with Crippen LogP contribution in [0.25, 0.3) is 0 Å². The van der Waals surface area contributed by atoms with E-state index in [2.05, 4.69) is 31.0 Å². The second kappa shape index (κ2) is 9.15. The first-order valence-corrected chi connectivity index (χ1v) is 7.29. The average molecular weight is 291 g/mol. The van der Waals surface area contributed by atoms with Gasteiger partial charge >= 0.3 is 0 Å². The Kier molecular flexibility index (Phi) is 7.49. The second-order valence-electron chi connectivity index (χ2n) is 4.86. The summed E-state index contributed by atoms with van der Waals surface area (Å²) in [5.41, 5.74) is 0.533. The van der Waals surface area contributed by atoms with Crippen LogP contribution in [0.1, 0.15) is 49.0 Å². The molecular formula is C17H22FNO2. The number of benzene rings is 1. The Bertz CT molecular complexity index is 527. The molecule has 0 aliphatic heterocycles. The molecule has 1 aromatic carbocycles. The Hall–Kier alpha value is -1.86. The molecule has 0 saturated carbocycles. The molecule has 0 aromatic heterocycles. The van der Waals surface area contributed by atoms with E-state index in [1.807, 2.05) is 0 Å². The van der Waals surface area contributed by atoms with Crippen molar-refractivity contribution in [2.45, 2.75) is 33.1 Å². The lowest BCUT2D eigenvalue weighted by molar-refractivity contribution is 0.0946. The number of carbonyl (C=O) groups is 1. The fraction of sp³-hybridized carbons (Fsp3) is 0.471. The summed E-state index contributed by atoms with van der Waals surface area (Å²) in [4.78, 5) is 12.0. The average Bonchev–Trinajstić information content (AvgIpc) is 2.49. The number of halogens is 1. The van der Waals surface area contributed by atoms with Gasteiger partial charge in [-0.15, -0.1) is 0 Å². The van der Waals surface area contributed by atoms with Crippen LogP contribution in [0.15, 0.2) is 18.2 Å². The molecule has 21 heavy (non-hydrogen) atoms. The SMILES string of the molecule is CCC(CC)CNC(=O)c1ccc(C#CCCO)c(F)c1. The minimum absolute atomic E-state index is 0.0505. The van der Waals surface area contributed by atoms with Crippen molar-refractivity contribution in [1.82, 2.24) is 5.32 Å². The van der Waals surface area contributed by atoms with Crippen molar-refractivity contribution in [3.8, 4) is 11.8 Å². The molecule has 0 spiro atoms. The predicted octanol–water partition coefficient (Wildman–Crippen LogP) is 2.73. The van der Waals surface area contributed by atoms with Crippen LogP contribution in [0.5, 0.6) is 0 Å². The lowest BCUT2D eigenvalue weighted by atomic mass is 10.0. The Morgan fingerprint density at radius 2 is 2.10 bits per heavy atom. The molecule has 114 valence electrons. The van der Waals surface area contributed by atoms with E-state index in [9.17, 15) is 9.18 Å². The third-order valence-electron chi connectivity index (χ3n) is 3.40. The van der Waals surface area contributed by atoms with E-state index in [-0.39, 0.29) is 18.1 Å². The largest absolute Gasteiger partial charge is 0.395 e. The first-order chi connectivity index (χ1) is 10.1. The highest BCUT2D eigenvalue weighted by atomic mass is 19.1. The van der Waals surface area contributed by atoms with Crippen LogP contribution in [0, 0.1) is 23.6 Å². The molecule has 0 heterocycles. The zero-order valence-corrected chi connectivity index (χ0v) is 12.6. The standard InChI is InChI=1S/C17H22FNO2/c1-3-13(4-2)12-19-17(21)15-9-8-14(16(18)11-15)7-5-6-10-20/h8-9,11,13,20H,3-4,6,10,12H2,1-2H3,(H,19,21). The molecule has 0 aliphatic rings. The van der Waals surface area contributed by atoms with Crippen LogP contribution < -0.4 is 5.32 Å². The monoisotopic (exact) mass is 291 g/mol. The van der Waals surface area contributed by atoms with Gasteiger partial charge < -0.3 is 10.4 Å². The molecule has 4 heteroatoms. The van der Waals surface area contributed by atoms with Crippen LogP contribution in [-0.2, 0) is 0 Å². The summed E-state index contributed by atoms with van der Waals surface area (Å²) >= 11 is 0. The number of rotatable bonds is 6. The molecule has 3 nitrogen and oxygen atoms in total. The summed E-state index contributed by atoms with van der Waals surface area (Å²) in [5.74, 6) is 4.95. The smallest absolute Gasteiger partial charge is 0.251 e. The Morgan fingerprint density at radius 3 is 2.67 bits per heavy atom. The molecule has 0 aliphatic carbocycles. The molecule has 1 rings (SSSR count). The van der Waals surface area contributed by atoms with E-state index < -0.39 is 5.82 Å². The van der Waals surface area contributed by atoms with Gasteiger partial charge in [0, 0.05) is 18.5 Å². The molecule has 0 atom stereocenters. The summed E-state index contributed by atoms with van der Waals surface area (Å²) in [6, 6.07) is 4.26. The number of hydrogen-bond acceptors (Lipinski definition) is 2. The summed E-state index contributed by atoms with van der Waals surface area (Å²) in [6.07, 6.45) is 2.31. The van der Waals surface area contributed by atoms with Crippen LogP contribution in [0.3, 0.4) is 0 Å². The van der Waals surface area contributed by atoms with Crippen LogP contribution in [-0.4, -0.2) is 24.2 Å². The molecule has 1 amide bonds. The lowest BCUT2D eigenvalue weighted by Gasteiger charge is -2.13. The quantitative estimate of drug-likeness (QED) is 0.792. The molecule has 0 radical (unpaired) electrons. The number of nitrogens with one attached hydrogen (secondary N) is 1. The van der Waals surface area contributed by atoms with Crippen LogP contribution in [0.4, 0.5) is 4.39 Å². The number of carbonyl (C=O) groups excluding carboxylic acids is 1. The summed E-state index contributed by atoms with van der Waals surface area (Å²) in [7, 11) is 0. The highest BCUT2D eigenvalue weighted by Crippen LogP contribution is 2.11. The maximum atomic E-state index is 13.8. The summed E-state index contributed by atoms with van der Waals surface area (Å²) < 4.78 is 13.8. The first-order valence-electron chi connectivity index (χ1n) is 7.29. The minimum atomic E-state index is -0.518. The van der Waals surface area contributed by atoms with Gasteiger partial charge in [-0.2, -0.15) is 0 Å². The minimum Gasteiger partial charge on any atom is -0.395 e. The van der Waals surface area contributed by atoms with Crippen LogP contribution in [0.2, 0.25) is 0 Å². The number of hydrogen-bond donors (Lipinski definition) is 2. The maximum absolute atomic E-state index is 13.8. The van der Waals surface area contributed by atoms with Gasteiger partial charge in [0.15, 0.2) is 0 Å². The van der Waals surface area contributed by atoms with Crippen molar-refractivity contribution >= 4 is 5.91 Å². The van der Waals surface area contributed by atoms with Crippen molar-refractivity contribution in [1.29, 1.82) is 0 Å². The zero-order chi connectivity index (χ0) is 15.7. The van der Waals surface area contributed by atoms with Crippen molar-refractivity contribution in [2.75, 3.05) is 13.2 Å². The van der Waals surface area contributed by atoms with Gasteiger partial charge in [-0.3, -0.25) is 4.79 Å². The molecule has 0 unspecified atom stereocenters. The van der Waals surface area contributed by atoms with Gasteiger partial charge in [-0.25, -0.2) is 4.39 Å². The molecule has 0 fully saturated rings. The van der Waals surface area contributed by atoms with E-state index in [1.165, 1.54) is 12.1 Å². The van der Waals surface area contributed by atoms with Crippen molar-refractivity contribution in [3.05, 3.63) is 35.1 Å². The summed E-state index contributed by atoms with van der Waals surface area (Å²) in [6.45, 7) is 4.72. The summed E-state index contributed by atoms with van der Waals surface area (Å²) in [5, 5.41) is 11.5. The van der Waals surface area contributed by atoms with E-state index in [4.69, 9.17) is 5.11 Å². The number of amides is 1. The van der Waals surface area contributed by atoms with Crippen molar-refractivity contribution < 1.29 is 14.3 Å². The predicted molar refractivity (Wildman–Crippen MR) is 81.4 cm³/mol. The lowest BCUT2D eigenvalue weighted by Crippen LogP contribution is -2.29. The highest BCUT2D eigenvalue weighted by Gasteiger charge is 2.10. The van der Waals surface area contributed by atoms with E-state index in [1.54, 1.807) is 6.07 Å². The fourth-order valence-electron chi connectivity index (χ4n) is 1.89. The Morgan fingerprint density at radius 1 is 1.38 bits per heavy atom. The normalized spacial score (nSPS) is 10.1. The van der Waals surface area contributed by atoms with Gasteiger partial charge in [0.1, 0.15) is 5.82 Å². The van der Waals surface area contributed by atoms with Gasteiger partial charge in [-0.1, -0.05) is 38.5 Å². The molecule has 0 saturated heterocycles. The van der Waals surface area contributed by atoms with E-state index >= 15 is 0 Å². The molecular weight excluding hydrogens is 269 g/mol. The molecule has 0 bridgehead atoms. The van der Waals surface area contributed by atoms with Gasteiger partial charge in [0.05, 0.1) is 12.2 Å². The van der Waals surface area contributed by atoms with Crippen molar-refractivity contribution in [2.24, 2.45) is 5.92 Å². The fourth-order valence-corrected chi connectivity index (χ4v) is 1.89. The third-order valence-corrected chi connectivity index (χ3v) is 3.40. The van der Waals surface area contributed by atoms with Gasteiger partial charge in [0.25, 0.3) is 5.91 Å². The number of aliphatic hydroxyl groups is 1. The third kappa shape index (κ3) is 5.57. The first kappa shape index (κ1) is 17.2. The van der Waals surface area contributed by atoms with E-state index in [0.717, 1.165) is 12.8 Å². The second-order valence-corrected chi connectivity index (χ2v) is 4.86. The number of aliphatic hydroxyl groups excluding tert-OH is 1. The van der Waals surface area contributed by atoms with Gasteiger partial charge in [0.2, 0.25) is 0 Å². The Labute approximate surface area is 125 Å². The van der Waals surface area contributed by atoms with Gasteiger partial charge in [-0.05, 0) is 24.1 Å². The molecule has 2 N–H and O–H groups in total. The molecule has 1 aromatic rings. The van der Waals surface area contributed by atoms with Crippen LogP contribution >= 0.6 is 0 Å².